The van der Waals surface area contributed by atoms with Gasteiger partial charge in [-0.15, -0.1) is 10.2 Å². The number of aromatic nitrogens is 5. The average Bonchev–Trinajstić information content (AvgIpc) is 3.17. The molecule has 0 amide bonds. The molecule has 6 nitrogen and oxygen atoms in total. The van der Waals surface area contributed by atoms with E-state index in [0.717, 1.165) is 46.6 Å². The van der Waals surface area contributed by atoms with Crippen molar-refractivity contribution < 1.29 is 4.74 Å². The van der Waals surface area contributed by atoms with Gasteiger partial charge < -0.3 is 4.74 Å². The largest absolute Gasteiger partial charge is 0.481 e. The van der Waals surface area contributed by atoms with Crippen LogP contribution in [0.4, 0.5) is 0 Å². The lowest BCUT2D eigenvalue weighted by Gasteiger charge is -2.11. The second kappa shape index (κ2) is 6.92. The molecular weight excluding hydrogens is 326 g/mol. The Morgan fingerprint density at radius 3 is 2.65 bits per heavy atom. The molecule has 0 unspecified atom stereocenters. The molecule has 0 radical (unpaired) electrons. The van der Waals surface area contributed by atoms with Crippen molar-refractivity contribution in [2.45, 2.75) is 19.8 Å². The summed E-state index contributed by atoms with van der Waals surface area (Å²) in [5, 5.41) is 8.46. The lowest BCUT2D eigenvalue weighted by molar-refractivity contribution is 0.392. The minimum atomic E-state index is 0.676. The van der Waals surface area contributed by atoms with Crippen LogP contribution in [0.5, 0.6) is 5.88 Å². The molecule has 0 aromatic carbocycles. The summed E-state index contributed by atoms with van der Waals surface area (Å²) < 4.78 is 7.39. The first-order valence-electron chi connectivity index (χ1n) is 8.49. The molecule has 0 saturated carbocycles. The van der Waals surface area contributed by atoms with Crippen molar-refractivity contribution in [3.05, 3.63) is 72.1 Å². The Labute approximate surface area is 151 Å². The van der Waals surface area contributed by atoms with Crippen molar-refractivity contribution >= 4 is 5.65 Å². The van der Waals surface area contributed by atoms with Gasteiger partial charge in [0.05, 0.1) is 7.11 Å². The summed E-state index contributed by atoms with van der Waals surface area (Å²) in [5.41, 5.74) is 6.16. The van der Waals surface area contributed by atoms with Crippen LogP contribution in [0, 0.1) is 6.92 Å². The highest BCUT2D eigenvalue weighted by Gasteiger charge is 2.12. The number of hydrogen-bond acceptors (Lipinski definition) is 5. The summed E-state index contributed by atoms with van der Waals surface area (Å²) in [7, 11) is 1.65. The smallest absolute Gasteiger partial charge is 0.216 e. The highest BCUT2D eigenvalue weighted by Crippen LogP contribution is 2.27. The predicted molar refractivity (Wildman–Crippen MR) is 99.2 cm³/mol. The van der Waals surface area contributed by atoms with E-state index in [1.807, 2.05) is 29.5 Å². The summed E-state index contributed by atoms with van der Waals surface area (Å²) in [6.45, 7) is 2.00. The molecule has 0 atom stereocenters. The fourth-order valence-electron chi connectivity index (χ4n) is 3.21. The van der Waals surface area contributed by atoms with Crippen LogP contribution in [0.3, 0.4) is 0 Å². The number of pyridine rings is 3. The molecule has 130 valence electrons. The molecule has 0 spiro atoms. The standard InChI is InChI=1S/C20H19N5O/c1-14-17(6-4-11-21-14)18-10-9-16(25-13-23-24-19(18)25)8-7-15-5-3-12-22-20(15)26-2/h3-6,9-13H,7-8H2,1-2H3. The van der Waals surface area contributed by atoms with E-state index in [-0.39, 0.29) is 0 Å². The molecular formula is C20H19N5O. The predicted octanol–water partition coefficient (Wildman–Crippen LogP) is 3.29. The van der Waals surface area contributed by atoms with Gasteiger partial charge in [0.15, 0.2) is 5.65 Å². The van der Waals surface area contributed by atoms with Gasteiger partial charge in [0.2, 0.25) is 5.88 Å². The molecule has 0 bridgehead atoms. The van der Waals surface area contributed by atoms with Crippen molar-refractivity contribution in [2.75, 3.05) is 7.11 Å². The number of aryl methyl sites for hydroxylation is 3. The van der Waals surface area contributed by atoms with Gasteiger partial charge in [0.25, 0.3) is 0 Å². The van der Waals surface area contributed by atoms with E-state index in [1.165, 1.54) is 0 Å². The second-order valence-electron chi connectivity index (χ2n) is 6.07. The van der Waals surface area contributed by atoms with E-state index in [9.17, 15) is 0 Å². The summed E-state index contributed by atoms with van der Waals surface area (Å²) in [4.78, 5) is 8.65. The van der Waals surface area contributed by atoms with Crippen molar-refractivity contribution in [2.24, 2.45) is 0 Å². The number of nitrogens with zero attached hydrogens (tertiary/aromatic N) is 5. The minimum absolute atomic E-state index is 0.676. The number of fused-ring (bicyclic) bond motifs is 1. The number of ether oxygens (including phenoxy) is 1. The fraction of sp³-hybridized carbons (Fsp3) is 0.200. The van der Waals surface area contributed by atoms with Crippen LogP contribution in [0.25, 0.3) is 16.8 Å². The Balaban J connectivity index is 1.69. The van der Waals surface area contributed by atoms with Crippen LogP contribution in [-0.4, -0.2) is 31.7 Å². The van der Waals surface area contributed by atoms with Crippen LogP contribution in [-0.2, 0) is 12.8 Å². The summed E-state index contributed by atoms with van der Waals surface area (Å²) >= 11 is 0. The van der Waals surface area contributed by atoms with Gasteiger partial charge in [0.1, 0.15) is 6.33 Å². The maximum Gasteiger partial charge on any atom is 0.216 e. The Kier molecular flexibility index (Phi) is 4.31. The van der Waals surface area contributed by atoms with Gasteiger partial charge >= 0.3 is 0 Å². The van der Waals surface area contributed by atoms with Gasteiger partial charge in [-0.05, 0) is 44.0 Å². The van der Waals surface area contributed by atoms with Crippen LogP contribution < -0.4 is 4.74 Å². The zero-order valence-electron chi connectivity index (χ0n) is 14.8. The van der Waals surface area contributed by atoms with E-state index in [4.69, 9.17) is 4.74 Å². The molecule has 4 aromatic rings. The van der Waals surface area contributed by atoms with Crippen molar-refractivity contribution in [3.63, 3.8) is 0 Å². The lowest BCUT2D eigenvalue weighted by Crippen LogP contribution is -2.02. The first kappa shape index (κ1) is 16.2. The Morgan fingerprint density at radius 1 is 0.962 bits per heavy atom. The zero-order valence-corrected chi connectivity index (χ0v) is 14.8. The topological polar surface area (TPSA) is 65.2 Å². The SMILES string of the molecule is COc1ncccc1CCc1ccc(-c2cccnc2C)c2nncn12. The molecule has 6 heteroatoms. The summed E-state index contributed by atoms with van der Waals surface area (Å²) in [6, 6.07) is 12.2. The maximum atomic E-state index is 5.35. The van der Waals surface area contributed by atoms with Crippen molar-refractivity contribution in [1.82, 2.24) is 24.6 Å². The normalized spacial score (nSPS) is 11.0. The van der Waals surface area contributed by atoms with Gasteiger partial charge in [-0.25, -0.2) is 4.98 Å². The Morgan fingerprint density at radius 2 is 1.81 bits per heavy atom. The molecule has 4 aromatic heterocycles. The third kappa shape index (κ3) is 2.90. The third-order valence-corrected chi connectivity index (χ3v) is 4.53. The first-order valence-corrected chi connectivity index (χ1v) is 8.49. The molecule has 4 rings (SSSR count). The molecule has 0 aliphatic heterocycles. The summed E-state index contributed by atoms with van der Waals surface area (Å²) in [6.07, 6.45) is 6.97. The van der Waals surface area contributed by atoms with Gasteiger partial charge in [-0.1, -0.05) is 12.1 Å². The van der Waals surface area contributed by atoms with E-state index >= 15 is 0 Å². The number of hydrogen-bond donors (Lipinski definition) is 0. The Bertz CT molecular complexity index is 1060. The molecule has 26 heavy (non-hydrogen) atoms. The highest BCUT2D eigenvalue weighted by atomic mass is 16.5. The lowest BCUT2D eigenvalue weighted by atomic mass is 10.0. The minimum Gasteiger partial charge on any atom is -0.481 e. The monoisotopic (exact) mass is 345 g/mol. The number of rotatable bonds is 5. The first-order chi connectivity index (χ1) is 12.8. The van der Waals surface area contributed by atoms with Crippen LogP contribution in [0.2, 0.25) is 0 Å². The Hall–Kier alpha value is -3.28. The molecule has 0 fully saturated rings. The highest BCUT2D eigenvalue weighted by molar-refractivity contribution is 5.78. The van der Waals surface area contributed by atoms with E-state index < -0.39 is 0 Å². The molecule has 0 aliphatic rings. The van der Waals surface area contributed by atoms with E-state index in [2.05, 4.69) is 38.4 Å². The van der Waals surface area contributed by atoms with Crippen molar-refractivity contribution in [3.8, 4) is 17.0 Å². The molecule has 4 heterocycles. The molecule has 0 saturated heterocycles. The molecule has 0 aliphatic carbocycles. The van der Waals surface area contributed by atoms with Gasteiger partial charge in [-0.3, -0.25) is 9.38 Å². The maximum absolute atomic E-state index is 5.35. The fourth-order valence-corrected chi connectivity index (χ4v) is 3.21. The van der Waals surface area contributed by atoms with Gasteiger partial charge in [0, 0.05) is 40.5 Å². The summed E-state index contributed by atoms with van der Waals surface area (Å²) in [5.74, 6) is 0.676. The average molecular weight is 345 g/mol. The van der Waals surface area contributed by atoms with Gasteiger partial charge in [-0.2, -0.15) is 0 Å². The van der Waals surface area contributed by atoms with Crippen molar-refractivity contribution in [1.29, 1.82) is 0 Å². The molecule has 0 N–H and O–H groups in total. The second-order valence-corrected chi connectivity index (χ2v) is 6.07. The van der Waals surface area contributed by atoms with Crippen LogP contribution in [0.1, 0.15) is 17.0 Å². The number of methoxy groups -OCH3 is 1. The van der Waals surface area contributed by atoms with E-state index in [0.29, 0.717) is 5.88 Å². The van der Waals surface area contributed by atoms with Crippen LogP contribution >= 0.6 is 0 Å². The third-order valence-electron chi connectivity index (χ3n) is 4.53. The quantitative estimate of drug-likeness (QED) is 0.555. The van der Waals surface area contributed by atoms with E-state index in [1.54, 1.807) is 25.8 Å². The zero-order chi connectivity index (χ0) is 17.9. The van der Waals surface area contributed by atoms with Crippen LogP contribution in [0.15, 0.2) is 55.1 Å².